The van der Waals surface area contributed by atoms with Gasteiger partial charge in [0.2, 0.25) is 0 Å². The van der Waals surface area contributed by atoms with E-state index in [-0.39, 0.29) is 0 Å². The fourth-order valence-corrected chi connectivity index (χ4v) is 3.63. The Balaban J connectivity index is 1.50. The summed E-state index contributed by atoms with van der Waals surface area (Å²) >= 11 is 0. The number of morpholine rings is 1. The summed E-state index contributed by atoms with van der Waals surface area (Å²) in [6, 6.07) is 11.9. The lowest BCUT2D eigenvalue weighted by molar-refractivity contribution is -0.0443. The van der Waals surface area contributed by atoms with E-state index in [1.807, 2.05) is 0 Å². The molecule has 2 nitrogen and oxygen atoms in total. The Morgan fingerprint density at radius 1 is 1.10 bits per heavy atom. The van der Waals surface area contributed by atoms with Crippen LogP contribution in [0.3, 0.4) is 0 Å². The lowest BCUT2D eigenvalue weighted by Crippen LogP contribution is -2.53. The van der Waals surface area contributed by atoms with E-state index in [9.17, 15) is 0 Å². The highest BCUT2D eigenvalue weighted by molar-refractivity contribution is 5.20. The third-order valence-corrected chi connectivity index (χ3v) is 4.88. The fourth-order valence-electron chi connectivity index (χ4n) is 3.63. The summed E-state index contributed by atoms with van der Waals surface area (Å²) < 4.78 is 5.79. The van der Waals surface area contributed by atoms with Crippen molar-refractivity contribution < 1.29 is 4.74 Å². The van der Waals surface area contributed by atoms with Crippen LogP contribution in [0, 0.1) is 5.92 Å². The molecule has 1 aromatic carbocycles. The Morgan fingerprint density at radius 2 is 1.95 bits per heavy atom. The summed E-state index contributed by atoms with van der Waals surface area (Å²) in [6.07, 6.45) is 8.00. The van der Waals surface area contributed by atoms with Crippen molar-refractivity contribution in [1.82, 2.24) is 4.90 Å². The molecule has 1 saturated heterocycles. The predicted octanol–water partition coefficient (Wildman–Crippen LogP) is 3.39. The number of rotatable bonds is 4. The normalized spacial score (nSPS) is 30.1. The monoisotopic (exact) mass is 269 g/mol. The molecular weight excluding hydrogens is 246 g/mol. The van der Waals surface area contributed by atoms with E-state index in [2.05, 4.69) is 41.3 Å². The largest absolute Gasteiger partial charge is 0.378 e. The van der Waals surface area contributed by atoms with Crippen molar-refractivity contribution in [2.24, 2.45) is 5.92 Å². The van der Waals surface area contributed by atoms with E-state index in [1.165, 1.54) is 31.2 Å². The molecule has 20 heavy (non-hydrogen) atoms. The molecule has 1 aliphatic carbocycles. The lowest BCUT2D eigenvalue weighted by Gasteiger charge is -2.45. The van der Waals surface area contributed by atoms with Crippen LogP contribution >= 0.6 is 0 Å². The maximum atomic E-state index is 5.79. The molecule has 0 radical (unpaired) electrons. The first-order valence-corrected chi connectivity index (χ1v) is 7.95. The van der Waals surface area contributed by atoms with Crippen molar-refractivity contribution in [3.63, 3.8) is 0 Å². The van der Waals surface area contributed by atoms with Gasteiger partial charge in [0.1, 0.15) is 0 Å². The summed E-state index contributed by atoms with van der Waals surface area (Å²) in [4.78, 5) is 2.65. The molecule has 0 N–H and O–H groups in total. The number of nitrogens with zero attached hydrogens (tertiary/aromatic N) is 1. The predicted molar refractivity (Wildman–Crippen MR) is 80.4 cm³/mol. The van der Waals surface area contributed by atoms with Gasteiger partial charge < -0.3 is 4.74 Å². The van der Waals surface area contributed by atoms with Gasteiger partial charge in [-0.1, -0.05) is 42.0 Å². The molecule has 2 atom stereocenters. The van der Waals surface area contributed by atoms with Crippen molar-refractivity contribution in [2.45, 2.75) is 44.3 Å². The van der Waals surface area contributed by atoms with Gasteiger partial charge in [0.05, 0.1) is 19.3 Å². The molecule has 3 aliphatic rings. The first-order chi connectivity index (χ1) is 9.88. The van der Waals surface area contributed by atoms with E-state index in [0.29, 0.717) is 12.1 Å². The Bertz CT molecular complexity index is 491. The molecule has 106 valence electrons. The minimum absolute atomic E-state index is 0.497. The van der Waals surface area contributed by atoms with Gasteiger partial charge in [0, 0.05) is 12.6 Å². The van der Waals surface area contributed by atoms with Crippen molar-refractivity contribution in [2.75, 3.05) is 13.2 Å². The van der Waals surface area contributed by atoms with Crippen molar-refractivity contribution in [1.29, 1.82) is 0 Å². The van der Waals surface area contributed by atoms with Gasteiger partial charge >= 0.3 is 0 Å². The molecule has 1 aromatic rings. The zero-order valence-electron chi connectivity index (χ0n) is 12.0. The second kappa shape index (κ2) is 5.34. The number of benzene rings is 1. The van der Waals surface area contributed by atoms with Crippen LogP contribution in [0.4, 0.5) is 0 Å². The van der Waals surface area contributed by atoms with Gasteiger partial charge in [-0.15, -0.1) is 0 Å². The van der Waals surface area contributed by atoms with Crippen molar-refractivity contribution in [3.8, 4) is 0 Å². The van der Waals surface area contributed by atoms with Crippen molar-refractivity contribution >= 4 is 0 Å². The molecule has 2 bridgehead atoms. The summed E-state index contributed by atoms with van der Waals surface area (Å²) in [7, 11) is 0. The summed E-state index contributed by atoms with van der Waals surface area (Å²) in [5, 5.41) is 0. The van der Waals surface area contributed by atoms with Gasteiger partial charge in [0.15, 0.2) is 0 Å². The molecule has 1 saturated carbocycles. The van der Waals surface area contributed by atoms with Crippen LogP contribution in [0.25, 0.3) is 0 Å². The first-order valence-electron chi connectivity index (χ1n) is 7.95. The van der Waals surface area contributed by atoms with E-state index in [0.717, 1.165) is 25.7 Å². The minimum Gasteiger partial charge on any atom is -0.378 e. The Morgan fingerprint density at radius 3 is 2.70 bits per heavy atom. The van der Waals surface area contributed by atoms with Crippen LogP contribution in [0.1, 0.15) is 31.2 Å². The average molecular weight is 269 g/mol. The Kier molecular flexibility index (Phi) is 3.37. The average Bonchev–Trinajstić information content (AvgIpc) is 3.25. The quantitative estimate of drug-likeness (QED) is 0.777. The molecular formula is C18H23NO. The van der Waals surface area contributed by atoms with E-state index < -0.39 is 0 Å². The van der Waals surface area contributed by atoms with Gasteiger partial charge in [-0.3, -0.25) is 4.90 Å². The molecule has 0 aromatic heterocycles. The standard InChI is InChI=1S/C18H23NO/c1-2-4-15(5-3-1)11-19-17-9-16(8-14-6-7-14)10-18(19)13-20-12-17/h1-5,9,14,17-18H,6-8,10-13H2. The van der Waals surface area contributed by atoms with Gasteiger partial charge in [-0.2, -0.15) is 0 Å². The highest BCUT2D eigenvalue weighted by Gasteiger charge is 2.35. The number of hydrogen-bond donors (Lipinski definition) is 0. The topological polar surface area (TPSA) is 12.5 Å². The van der Waals surface area contributed by atoms with Crippen LogP contribution in [-0.4, -0.2) is 30.2 Å². The van der Waals surface area contributed by atoms with Crippen LogP contribution in [0.5, 0.6) is 0 Å². The summed E-state index contributed by atoms with van der Waals surface area (Å²) in [5.74, 6) is 1.00. The van der Waals surface area contributed by atoms with E-state index >= 15 is 0 Å². The van der Waals surface area contributed by atoms with Gasteiger partial charge in [-0.05, 0) is 37.2 Å². The highest BCUT2D eigenvalue weighted by Crippen LogP contribution is 2.39. The summed E-state index contributed by atoms with van der Waals surface area (Å²) in [5.41, 5.74) is 3.12. The molecule has 2 fully saturated rings. The number of ether oxygens (including phenoxy) is 1. The van der Waals surface area contributed by atoms with Gasteiger partial charge in [0.25, 0.3) is 0 Å². The number of hydrogen-bond acceptors (Lipinski definition) is 2. The van der Waals surface area contributed by atoms with Gasteiger partial charge in [-0.25, -0.2) is 0 Å². The van der Waals surface area contributed by atoms with E-state index in [1.54, 1.807) is 5.57 Å². The van der Waals surface area contributed by atoms with E-state index in [4.69, 9.17) is 4.74 Å². The Hall–Kier alpha value is -1.12. The zero-order chi connectivity index (χ0) is 13.4. The van der Waals surface area contributed by atoms with Crippen molar-refractivity contribution in [3.05, 3.63) is 47.5 Å². The minimum atomic E-state index is 0.497. The SMILES string of the molecule is C1=C(CC2CC2)CC2COCC1N2Cc1ccccc1. The van der Waals surface area contributed by atoms with Crippen LogP contribution < -0.4 is 0 Å². The third-order valence-electron chi connectivity index (χ3n) is 4.88. The lowest BCUT2D eigenvalue weighted by atomic mass is 9.90. The smallest absolute Gasteiger partial charge is 0.0658 e. The maximum absolute atomic E-state index is 5.79. The molecule has 2 unspecified atom stereocenters. The molecule has 0 amide bonds. The molecule has 2 heteroatoms. The zero-order valence-corrected chi connectivity index (χ0v) is 12.0. The fraction of sp³-hybridized carbons (Fsp3) is 0.556. The molecule has 2 aliphatic heterocycles. The number of fused-ring (bicyclic) bond motifs is 2. The summed E-state index contributed by atoms with van der Waals surface area (Å²) in [6.45, 7) is 2.84. The molecule has 4 rings (SSSR count). The third kappa shape index (κ3) is 2.68. The second-order valence-corrected chi connectivity index (χ2v) is 6.59. The van der Waals surface area contributed by atoms with Crippen LogP contribution in [0.15, 0.2) is 42.0 Å². The Labute approximate surface area is 121 Å². The molecule has 2 heterocycles. The second-order valence-electron chi connectivity index (χ2n) is 6.59. The molecule has 0 spiro atoms. The first kappa shape index (κ1) is 12.6. The maximum Gasteiger partial charge on any atom is 0.0658 e. The van der Waals surface area contributed by atoms with Crippen LogP contribution in [0.2, 0.25) is 0 Å². The van der Waals surface area contributed by atoms with Crippen LogP contribution in [-0.2, 0) is 11.3 Å². The highest BCUT2D eigenvalue weighted by atomic mass is 16.5.